The zero-order valence-corrected chi connectivity index (χ0v) is 7.38. The highest BCUT2D eigenvalue weighted by Gasteiger charge is 2.63. The number of fused-ring (bicyclic) bond motifs is 5. The third-order valence-corrected chi connectivity index (χ3v) is 4.49. The molecule has 0 aromatic heterocycles. The van der Waals surface area contributed by atoms with Crippen molar-refractivity contribution in [3.05, 3.63) is 0 Å². The first-order valence-corrected chi connectivity index (χ1v) is 4.90. The monoisotopic (exact) mass is 166 g/mol. The van der Waals surface area contributed by atoms with Gasteiger partial charge < -0.3 is 4.74 Å². The van der Waals surface area contributed by atoms with Gasteiger partial charge in [-0.1, -0.05) is 0 Å². The van der Waals surface area contributed by atoms with Crippen molar-refractivity contribution < 1.29 is 9.53 Å². The number of carbonyl (C=O) groups is 1. The van der Waals surface area contributed by atoms with Crippen LogP contribution in [-0.4, -0.2) is 12.6 Å². The lowest BCUT2D eigenvalue weighted by Crippen LogP contribution is -2.35. The smallest absolute Gasteiger partial charge is 0.312 e. The van der Waals surface area contributed by atoms with E-state index >= 15 is 0 Å². The maximum atomic E-state index is 11.5. The summed E-state index contributed by atoms with van der Waals surface area (Å²) in [6.45, 7) is 2.83. The minimum absolute atomic E-state index is 0.0804. The van der Waals surface area contributed by atoms with E-state index in [1.807, 2.05) is 0 Å². The first-order valence-electron chi connectivity index (χ1n) is 4.90. The maximum absolute atomic E-state index is 11.5. The largest absolute Gasteiger partial charge is 0.465 e. The Kier molecular flexibility index (Phi) is 1.07. The molecule has 3 fully saturated rings. The lowest BCUT2D eigenvalue weighted by Gasteiger charge is -2.30. The molecule has 0 unspecified atom stereocenters. The molecule has 1 heterocycles. The summed E-state index contributed by atoms with van der Waals surface area (Å²) in [7, 11) is 0. The van der Waals surface area contributed by atoms with Crippen LogP contribution in [0.2, 0.25) is 0 Å². The van der Waals surface area contributed by atoms with Crippen LogP contribution in [0.25, 0.3) is 0 Å². The molecule has 0 spiro atoms. The highest BCUT2D eigenvalue weighted by molar-refractivity contribution is 5.80. The molecule has 2 bridgehead atoms. The molecule has 1 aliphatic heterocycles. The van der Waals surface area contributed by atoms with Crippen LogP contribution in [-0.2, 0) is 9.53 Å². The molecular formula is C10H14O2. The Morgan fingerprint density at radius 1 is 1.50 bits per heavy atom. The summed E-state index contributed by atoms with van der Waals surface area (Å²) in [5, 5.41) is 0. The van der Waals surface area contributed by atoms with Crippen LogP contribution in [0, 0.1) is 23.2 Å². The summed E-state index contributed by atoms with van der Waals surface area (Å²) in [6, 6.07) is 0. The van der Waals surface area contributed by atoms with Gasteiger partial charge in [0.25, 0.3) is 0 Å². The summed E-state index contributed by atoms with van der Waals surface area (Å²) >= 11 is 0. The third-order valence-electron chi connectivity index (χ3n) is 4.49. The second-order valence-corrected chi connectivity index (χ2v) is 4.76. The number of hydrogen-bond donors (Lipinski definition) is 0. The Morgan fingerprint density at radius 2 is 2.33 bits per heavy atom. The lowest BCUT2D eigenvalue weighted by molar-refractivity contribution is -0.147. The molecule has 0 amide bonds. The first-order chi connectivity index (χ1) is 5.73. The molecule has 3 aliphatic rings. The summed E-state index contributed by atoms with van der Waals surface area (Å²) in [6.07, 6.45) is 3.88. The van der Waals surface area contributed by atoms with Crippen LogP contribution < -0.4 is 0 Å². The van der Waals surface area contributed by atoms with Crippen LogP contribution in [0.15, 0.2) is 0 Å². The molecule has 2 aliphatic carbocycles. The summed E-state index contributed by atoms with van der Waals surface area (Å²) < 4.78 is 5.16. The van der Waals surface area contributed by atoms with Gasteiger partial charge in [-0.05, 0) is 38.0 Å². The molecule has 0 radical (unpaired) electrons. The Balaban J connectivity index is 2.06. The molecule has 4 atom stereocenters. The summed E-state index contributed by atoms with van der Waals surface area (Å²) in [5.41, 5.74) is -0.0804. The molecule has 0 N–H and O–H groups in total. The van der Waals surface area contributed by atoms with Crippen LogP contribution in [0.1, 0.15) is 26.2 Å². The second-order valence-electron chi connectivity index (χ2n) is 4.76. The SMILES string of the molecule is C[C@@]12C(=O)OC[C@H]1[C@H]1CC[C@@H]2C1. The number of cyclic esters (lactones) is 1. The Bertz CT molecular complexity index is 248. The van der Waals surface area contributed by atoms with Crippen LogP contribution in [0.3, 0.4) is 0 Å². The van der Waals surface area contributed by atoms with Gasteiger partial charge >= 0.3 is 5.97 Å². The normalized spacial score (nSPS) is 55.8. The van der Waals surface area contributed by atoms with E-state index in [2.05, 4.69) is 6.92 Å². The van der Waals surface area contributed by atoms with Gasteiger partial charge in [0.05, 0.1) is 12.0 Å². The predicted octanol–water partition coefficient (Wildman–Crippen LogP) is 1.60. The highest BCUT2D eigenvalue weighted by atomic mass is 16.5. The first kappa shape index (κ1) is 6.93. The van der Waals surface area contributed by atoms with Gasteiger partial charge in [-0.3, -0.25) is 4.79 Å². The van der Waals surface area contributed by atoms with E-state index in [9.17, 15) is 4.79 Å². The van der Waals surface area contributed by atoms with E-state index in [1.54, 1.807) is 0 Å². The topological polar surface area (TPSA) is 26.3 Å². The van der Waals surface area contributed by atoms with Gasteiger partial charge in [0.2, 0.25) is 0 Å². The number of carbonyl (C=O) groups excluding carboxylic acids is 1. The fourth-order valence-electron chi connectivity index (χ4n) is 3.67. The summed E-state index contributed by atoms with van der Waals surface area (Å²) in [5.74, 6) is 2.08. The van der Waals surface area contributed by atoms with Crippen LogP contribution >= 0.6 is 0 Å². The van der Waals surface area contributed by atoms with E-state index in [0.29, 0.717) is 18.4 Å². The Labute approximate surface area is 72.3 Å². The molecule has 3 rings (SSSR count). The minimum atomic E-state index is -0.0804. The molecular weight excluding hydrogens is 152 g/mol. The van der Waals surface area contributed by atoms with Crippen molar-refractivity contribution in [3.63, 3.8) is 0 Å². The zero-order chi connectivity index (χ0) is 8.34. The van der Waals surface area contributed by atoms with Crippen molar-refractivity contribution in [1.29, 1.82) is 0 Å². The molecule has 2 nitrogen and oxygen atoms in total. The van der Waals surface area contributed by atoms with E-state index in [4.69, 9.17) is 4.74 Å². The van der Waals surface area contributed by atoms with Gasteiger partial charge in [-0.2, -0.15) is 0 Å². The maximum Gasteiger partial charge on any atom is 0.312 e. The fourth-order valence-corrected chi connectivity index (χ4v) is 3.67. The van der Waals surface area contributed by atoms with Crippen molar-refractivity contribution in [3.8, 4) is 0 Å². The molecule has 2 heteroatoms. The van der Waals surface area contributed by atoms with E-state index in [1.165, 1.54) is 19.3 Å². The van der Waals surface area contributed by atoms with Gasteiger partial charge in [-0.15, -0.1) is 0 Å². The van der Waals surface area contributed by atoms with Crippen LogP contribution in [0.4, 0.5) is 0 Å². The molecule has 0 aromatic rings. The summed E-state index contributed by atoms with van der Waals surface area (Å²) in [4.78, 5) is 11.5. The second kappa shape index (κ2) is 1.86. The molecule has 66 valence electrons. The van der Waals surface area contributed by atoms with Gasteiger partial charge in [0, 0.05) is 5.92 Å². The van der Waals surface area contributed by atoms with Crippen molar-refractivity contribution in [2.75, 3.05) is 6.61 Å². The van der Waals surface area contributed by atoms with Crippen LogP contribution in [0.5, 0.6) is 0 Å². The van der Waals surface area contributed by atoms with Crippen molar-refractivity contribution in [2.24, 2.45) is 23.2 Å². The number of rotatable bonds is 0. The Morgan fingerprint density at radius 3 is 3.08 bits per heavy atom. The quantitative estimate of drug-likeness (QED) is 0.511. The van der Waals surface area contributed by atoms with Crippen molar-refractivity contribution in [2.45, 2.75) is 26.2 Å². The van der Waals surface area contributed by atoms with Crippen molar-refractivity contribution >= 4 is 5.97 Å². The molecule has 1 saturated heterocycles. The minimum Gasteiger partial charge on any atom is -0.465 e. The third kappa shape index (κ3) is 0.540. The predicted molar refractivity (Wildman–Crippen MR) is 43.4 cm³/mol. The lowest BCUT2D eigenvalue weighted by atomic mass is 9.69. The Hall–Kier alpha value is -0.530. The zero-order valence-electron chi connectivity index (χ0n) is 7.38. The van der Waals surface area contributed by atoms with Crippen molar-refractivity contribution in [1.82, 2.24) is 0 Å². The van der Waals surface area contributed by atoms with Gasteiger partial charge in [0.1, 0.15) is 0 Å². The van der Waals surface area contributed by atoms with E-state index in [-0.39, 0.29) is 11.4 Å². The fraction of sp³-hybridized carbons (Fsp3) is 0.900. The van der Waals surface area contributed by atoms with E-state index < -0.39 is 0 Å². The molecule has 2 saturated carbocycles. The number of ether oxygens (including phenoxy) is 1. The van der Waals surface area contributed by atoms with E-state index in [0.717, 1.165) is 5.92 Å². The van der Waals surface area contributed by atoms with Gasteiger partial charge in [0.15, 0.2) is 0 Å². The highest BCUT2D eigenvalue weighted by Crippen LogP contribution is 2.62. The van der Waals surface area contributed by atoms with Gasteiger partial charge in [-0.25, -0.2) is 0 Å². The average Bonchev–Trinajstić information content (AvgIpc) is 2.65. The number of esters is 1. The molecule has 0 aromatic carbocycles. The number of hydrogen-bond acceptors (Lipinski definition) is 2. The molecule has 12 heavy (non-hydrogen) atoms. The average molecular weight is 166 g/mol. The standard InChI is InChI=1S/C10H14O2/c1-10-7-3-2-6(4-7)8(10)5-12-9(10)11/h6-8H,2-5H2,1H3/t6-,7+,8-,10-/m0/s1.